The number of piperidine rings is 1. The minimum Gasteiger partial charge on any atom is -0.489 e. The molecule has 2 heterocycles. The van der Waals surface area contributed by atoms with E-state index in [1.54, 1.807) is 18.2 Å². The summed E-state index contributed by atoms with van der Waals surface area (Å²) < 4.78 is 11.9. The number of ether oxygens (including phenoxy) is 2. The van der Waals surface area contributed by atoms with E-state index < -0.39 is 11.6 Å². The number of benzene rings is 2. The Balaban J connectivity index is 1.63. The smallest absolute Gasteiger partial charge is 0.339 e. The van der Waals surface area contributed by atoms with Crippen molar-refractivity contribution in [2.75, 3.05) is 25.5 Å². The Morgan fingerprint density at radius 3 is 2.65 bits per heavy atom. The van der Waals surface area contributed by atoms with Gasteiger partial charge in [-0.25, -0.2) is 14.8 Å². The third-order valence-corrected chi connectivity index (χ3v) is 5.64. The van der Waals surface area contributed by atoms with Gasteiger partial charge in [-0.3, -0.25) is 0 Å². The van der Waals surface area contributed by atoms with Crippen LogP contribution in [0.5, 0.6) is 5.75 Å². The van der Waals surface area contributed by atoms with Crippen molar-refractivity contribution in [2.45, 2.75) is 45.3 Å². The number of nitrogens with zero attached hydrogens (tertiary/aromatic N) is 3. The first-order valence-corrected chi connectivity index (χ1v) is 11.4. The van der Waals surface area contributed by atoms with Crippen LogP contribution in [0.15, 0.2) is 42.7 Å². The molecule has 0 radical (unpaired) electrons. The first-order valence-electron chi connectivity index (χ1n) is 11.4. The molecule has 7 heteroatoms. The fraction of sp³-hybridized carbons (Fsp3) is 0.370. The van der Waals surface area contributed by atoms with Gasteiger partial charge in [0.05, 0.1) is 16.5 Å². The van der Waals surface area contributed by atoms with Gasteiger partial charge in [0.25, 0.3) is 0 Å². The SMILES string of the molecule is C#Cc1cc(Nc2ncnc3cccc(OC4CCN(C)CC4)c23)ccc1C(=O)OC(C)(C)C. The summed E-state index contributed by atoms with van der Waals surface area (Å²) in [7, 11) is 2.13. The van der Waals surface area contributed by atoms with E-state index >= 15 is 0 Å². The zero-order chi connectivity index (χ0) is 24.3. The van der Waals surface area contributed by atoms with Gasteiger partial charge in [-0.1, -0.05) is 12.0 Å². The molecule has 176 valence electrons. The average molecular weight is 459 g/mol. The maximum Gasteiger partial charge on any atom is 0.339 e. The summed E-state index contributed by atoms with van der Waals surface area (Å²) in [5.41, 5.74) is 1.67. The van der Waals surface area contributed by atoms with Gasteiger partial charge in [-0.05, 0) is 71.0 Å². The summed E-state index contributed by atoms with van der Waals surface area (Å²) in [5.74, 6) is 3.50. The molecule has 3 aromatic rings. The molecule has 0 aliphatic carbocycles. The van der Waals surface area contributed by atoms with E-state index in [1.165, 1.54) is 6.33 Å². The van der Waals surface area contributed by atoms with E-state index in [9.17, 15) is 4.79 Å². The van der Waals surface area contributed by atoms with Crippen molar-refractivity contribution < 1.29 is 14.3 Å². The highest BCUT2D eigenvalue weighted by Gasteiger charge is 2.22. The second kappa shape index (κ2) is 9.70. The summed E-state index contributed by atoms with van der Waals surface area (Å²) in [6.45, 7) is 7.48. The van der Waals surface area contributed by atoms with Crippen molar-refractivity contribution in [2.24, 2.45) is 0 Å². The topological polar surface area (TPSA) is 76.6 Å². The van der Waals surface area contributed by atoms with Crippen LogP contribution in [-0.4, -0.2) is 52.7 Å². The Kier molecular flexibility index (Phi) is 6.71. The fourth-order valence-corrected chi connectivity index (χ4v) is 3.94. The van der Waals surface area contributed by atoms with Gasteiger partial charge in [0, 0.05) is 24.3 Å². The molecular weight excluding hydrogens is 428 g/mol. The maximum absolute atomic E-state index is 12.6. The molecule has 1 N–H and O–H groups in total. The van der Waals surface area contributed by atoms with Crippen LogP contribution >= 0.6 is 0 Å². The van der Waals surface area contributed by atoms with Gasteiger partial charge in [-0.2, -0.15) is 0 Å². The third-order valence-electron chi connectivity index (χ3n) is 5.64. The number of terminal acetylenes is 1. The number of fused-ring (bicyclic) bond motifs is 1. The van der Waals surface area contributed by atoms with E-state index in [2.05, 4.69) is 33.2 Å². The van der Waals surface area contributed by atoms with Crippen LogP contribution in [0.3, 0.4) is 0 Å². The molecule has 2 aromatic carbocycles. The van der Waals surface area contributed by atoms with Crippen LogP contribution in [0, 0.1) is 12.3 Å². The van der Waals surface area contributed by atoms with Crippen LogP contribution in [0.1, 0.15) is 49.5 Å². The van der Waals surface area contributed by atoms with Crippen LogP contribution in [0.2, 0.25) is 0 Å². The lowest BCUT2D eigenvalue weighted by molar-refractivity contribution is 0.00692. The van der Waals surface area contributed by atoms with E-state index in [0.29, 0.717) is 22.6 Å². The first-order chi connectivity index (χ1) is 16.2. The van der Waals surface area contributed by atoms with Gasteiger partial charge >= 0.3 is 5.97 Å². The molecule has 0 bridgehead atoms. The average Bonchev–Trinajstić information content (AvgIpc) is 2.79. The number of carbonyl (C=O) groups is 1. The largest absolute Gasteiger partial charge is 0.489 e. The highest BCUT2D eigenvalue weighted by Crippen LogP contribution is 2.33. The molecule has 4 rings (SSSR count). The lowest BCUT2D eigenvalue weighted by atomic mass is 10.1. The first kappa shape index (κ1) is 23.5. The highest BCUT2D eigenvalue weighted by atomic mass is 16.6. The zero-order valence-corrected chi connectivity index (χ0v) is 20.1. The standard InChI is InChI=1S/C27H30N4O3/c1-6-18-16-19(10-11-21(18)26(32)34-27(2,3)4)30-25-24-22(28-17-29-25)8-7-9-23(24)33-20-12-14-31(5)15-13-20/h1,7-11,16-17,20H,12-15H2,2-5H3,(H,28,29,30). The second-order valence-corrected chi connectivity index (χ2v) is 9.52. The molecule has 1 fully saturated rings. The molecular formula is C27H30N4O3. The minimum atomic E-state index is -0.607. The molecule has 0 atom stereocenters. The monoisotopic (exact) mass is 458 g/mol. The normalized spacial score (nSPS) is 15.0. The van der Waals surface area contributed by atoms with Crippen LogP contribution in [-0.2, 0) is 4.74 Å². The van der Waals surface area contributed by atoms with E-state index in [-0.39, 0.29) is 6.10 Å². The molecule has 7 nitrogen and oxygen atoms in total. The summed E-state index contributed by atoms with van der Waals surface area (Å²) in [6.07, 6.45) is 9.32. The van der Waals surface area contributed by atoms with Crippen molar-refractivity contribution in [3.63, 3.8) is 0 Å². The molecule has 1 aliphatic rings. The van der Waals surface area contributed by atoms with Crippen LogP contribution < -0.4 is 10.1 Å². The van der Waals surface area contributed by atoms with Gasteiger partial charge in [0.15, 0.2) is 0 Å². The Morgan fingerprint density at radius 1 is 1.18 bits per heavy atom. The van der Waals surface area contributed by atoms with Crippen LogP contribution in [0.25, 0.3) is 10.9 Å². The number of carbonyl (C=O) groups excluding carboxylic acids is 1. The second-order valence-electron chi connectivity index (χ2n) is 9.52. The number of rotatable bonds is 5. The highest BCUT2D eigenvalue weighted by molar-refractivity contribution is 5.97. The number of hydrogen-bond acceptors (Lipinski definition) is 7. The molecule has 1 aromatic heterocycles. The maximum atomic E-state index is 12.6. The molecule has 1 saturated heterocycles. The zero-order valence-electron chi connectivity index (χ0n) is 20.1. The summed E-state index contributed by atoms with van der Waals surface area (Å²) >= 11 is 0. The van der Waals surface area contributed by atoms with Gasteiger partial charge in [-0.15, -0.1) is 6.42 Å². The molecule has 0 saturated carbocycles. The van der Waals surface area contributed by atoms with Crippen LogP contribution in [0.4, 0.5) is 11.5 Å². The summed E-state index contributed by atoms with van der Waals surface area (Å²) in [5, 5.41) is 4.14. The van der Waals surface area contributed by atoms with Crippen molar-refractivity contribution in [1.29, 1.82) is 0 Å². The lowest BCUT2D eigenvalue weighted by Crippen LogP contribution is -2.35. The molecule has 0 unspecified atom stereocenters. The Bertz CT molecular complexity index is 1230. The molecule has 0 spiro atoms. The van der Waals surface area contributed by atoms with E-state index in [0.717, 1.165) is 42.6 Å². The summed E-state index contributed by atoms with van der Waals surface area (Å²) in [6, 6.07) is 11.0. The predicted molar refractivity (Wildman–Crippen MR) is 134 cm³/mol. The Hall–Kier alpha value is -3.63. The Labute approximate surface area is 200 Å². The Morgan fingerprint density at radius 2 is 1.94 bits per heavy atom. The third kappa shape index (κ3) is 5.46. The number of aromatic nitrogens is 2. The van der Waals surface area contributed by atoms with Crippen molar-refractivity contribution in [1.82, 2.24) is 14.9 Å². The van der Waals surface area contributed by atoms with Crippen molar-refractivity contribution >= 4 is 28.4 Å². The lowest BCUT2D eigenvalue weighted by Gasteiger charge is -2.29. The number of hydrogen-bond donors (Lipinski definition) is 1. The predicted octanol–water partition coefficient (Wildman–Crippen LogP) is 4.78. The minimum absolute atomic E-state index is 0.149. The fourth-order valence-electron chi connectivity index (χ4n) is 3.94. The quantitative estimate of drug-likeness (QED) is 0.435. The van der Waals surface area contributed by atoms with Gasteiger partial charge in [0.2, 0.25) is 0 Å². The summed E-state index contributed by atoms with van der Waals surface area (Å²) in [4.78, 5) is 23.8. The van der Waals surface area contributed by atoms with E-state index in [4.69, 9.17) is 15.9 Å². The van der Waals surface area contributed by atoms with E-state index in [1.807, 2.05) is 39.0 Å². The van der Waals surface area contributed by atoms with Gasteiger partial charge < -0.3 is 19.7 Å². The number of esters is 1. The number of likely N-dealkylation sites (tertiary alicyclic amines) is 1. The number of nitrogens with one attached hydrogen (secondary N) is 1. The number of anilines is 2. The molecule has 34 heavy (non-hydrogen) atoms. The van der Waals surface area contributed by atoms with Crippen molar-refractivity contribution in [3.8, 4) is 18.1 Å². The molecule has 1 aliphatic heterocycles. The molecule has 0 amide bonds. The van der Waals surface area contributed by atoms with Gasteiger partial charge in [0.1, 0.15) is 29.6 Å². The van der Waals surface area contributed by atoms with Crippen molar-refractivity contribution in [3.05, 3.63) is 53.9 Å².